The van der Waals surface area contributed by atoms with Crippen molar-refractivity contribution in [2.45, 2.75) is 38.4 Å². The van der Waals surface area contributed by atoms with Crippen LogP contribution in [0.25, 0.3) is 0 Å². The van der Waals surface area contributed by atoms with Crippen molar-refractivity contribution in [3.63, 3.8) is 0 Å². The molecule has 0 bridgehead atoms. The first kappa shape index (κ1) is 22.0. The van der Waals surface area contributed by atoms with Gasteiger partial charge in [0.1, 0.15) is 5.76 Å². The molecule has 2 aromatic heterocycles. The number of furan rings is 1. The normalized spacial score (nSPS) is 24.2. The van der Waals surface area contributed by atoms with Crippen LogP contribution in [0.1, 0.15) is 30.6 Å². The van der Waals surface area contributed by atoms with Crippen LogP contribution in [0.4, 0.5) is 0 Å². The molecular formula is C22H30N4O4. The molecule has 2 aromatic rings. The number of hydrogen-bond donors (Lipinski definition) is 2. The van der Waals surface area contributed by atoms with Crippen LogP contribution in [0.15, 0.2) is 47.3 Å². The highest BCUT2D eigenvalue weighted by Gasteiger charge is 2.52. The monoisotopic (exact) mass is 414 g/mol. The number of fused-ring (bicyclic) bond motifs is 1. The number of aromatic nitrogens is 1. The lowest BCUT2D eigenvalue weighted by molar-refractivity contribution is -0.145. The average molecular weight is 415 g/mol. The number of nitrogens with one attached hydrogen (secondary N) is 1. The Labute approximate surface area is 176 Å². The van der Waals surface area contributed by atoms with E-state index in [-0.39, 0.29) is 23.8 Å². The number of amides is 1. The molecule has 0 aromatic carbocycles. The summed E-state index contributed by atoms with van der Waals surface area (Å²) in [5.41, 5.74) is 0.771. The van der Waals surface area contributed by atoms with E-state index in [4.69, 9.17) is 14.3 Å². The van der Waals surface area contributed by atoms with E-state index < -0.39 is 0 Å². The van der Waals surface area contributed by atoms with Crippen LogP contribution in [0.5, 0.6) is 0 Å². The van der Waals surface area contributed by atoms with Gasteiger partial charge in [0.2, 0.25) is 5.91 Å². The van der Waals surface area contributed by atoms with Crippen LogP contribution in [0.2, 0.25) is 0 Å². The number of carbonyl (C=O) groups excluding carboxylic acids is 1. The highest BCUT2D eigenvalue weighted by molar-refractivity contribution is 5.84. The summed E-state index contributed by atoms with van der Waals surface area (Å²) in [5.74, 6) is 1.16. The number of likely N-dealkylation sites (tertiary alicyclic amines) is 2. The first-order chi connectivity index (χ1) is 14.6. The van der Waals surface area contributed by atoms with Gasteiger partial charge < -0.3 is 19.7 Å². The highest BCUT2D eigenvalue weighted by atomic mass is 16.3. The fourth-order valence-electron chi connectivity index (χ4n) is 4.66. The number of carboxylic acid groups (broad SMARTS) is 1. The van der Waals surface area contributed by atoms with Crippen molar-refractivity contribution >= 4 is 12.4 Å². The van der Waals surface area contributed by atoms with E-state index in [0.29, 0.717) is 6.54 Å². The van der Waals surface area contributed by atoms with Crippen molar-refractivity contribution in [1.82, 2.24) is 20.1 Å². The molecule has 162 valence electrons. The molecular weight excluding hydrogens is 384 g/mol. The van der Waals surface area contributed by atoms with Gasteiger partial charge in [0.15, 0.2) is 0 Å². The van der Waals surface area contributed by atoms with Crippen LogP contribution in [0.3, 0.4) is 0 Å². The second-order valence-electron chi connectivity index (χ2n) is 7.98. The maximum atomic E-state index is 13.4. The maximum Gasteiger partial charge on any atom is 0.290 e. The Kier molecular flexibility index (Phi) is 7.59. The molecule has 2 aliphatic rings. The third-order valence-electron chi connectivity index (χ3n) is 6.16. The lowest BCUT2D eigenvalue weighted by Gasteiger charge is -2.53. The lowest BCUT2D eigenvalue weighted by Crippen LogP contribution is -2.65. The molecule has 8 heteroatoms. The van der Waals surface area contributed by atoms with Gasteiger partial charge in [-0.3, -0.25) is 19.5 Å². The molecule has 8 nitrogen and oxygen atoms in total. The zero-order chi connectivity index (χ0) is 21.4. The fraction of sp³-hybridized carbons (Fsp3) is 0.500. The number of pyridine rings is 1. The standard InChI is InChI=1S/C21H28N4O2.CH2O2/c1-24-12-8-21(20(26)23-14-17-5-9-22-10-6-17)7-3-11-25(19(21)16-24)15-18-4-2-13-27-18;2-1-3/h2,4-6,9-10,13,19H,3,7-8,11-12,14-16H2,1H3,(H,23,26);1H,(H,2,3)/t19-,21+;/m0./s1. The number of piperidine rings is 2. The summed E-state index contributed by atoms with van der Waals surface area (Å²) in [5, 5.41) is 10.1. The molecule has 2 saturated heterocycles. The minimum Gasteiger partial charge on any atom is -0.483 e. The number of nitrogens with zero attached hydrogens (tertiary/aromatic N) is 3. The molecule has 4 heterocycles. The van der Waals surface area contributed by atoms with E-state index in [1.807, 2.05) is 24.3 Å². The van der Waals surface area contributed by atoms with Gasteiger partial charge in [-0.25, -0.2) is 0 Å². The van der Waals surface area contributed by atoms with Crippen LogP contribution < -0.4 is 5.32 Å². The lowest BCUT2D eigenvalue weighted by atomic mass is 9.67. The first-order valence-electron chi connectivity index (χ1n) is 10.3. The number of likely N-dealkylation sites (N-methyl/N-ethyl adjacent to an activating group) is 1. The molecule has 2 N–H and O–H groups in total. The maximum absolute atomic E-state index is 13.4. The van der Waals surface area contributed by atoms with Gasteiger partial charge in [-0.05, 0) is 69.2 Å². The predicted molar refractivity (Wildman–Crippen MR) is 111 cm³/mol. The fourth-order valence-corrected chi connectivity index (χ4v) is 4.66. The number of carbonyl (C=O) groups is 2. The molecule has 2 fully saturated rings. The first-order valence-corrected chi connectivity index (χ1v) is 10.3. The second-order valence-corrected chi connectivity index (χ2v) is 7.98. The molecule has 4 rings (SSSR count). The van der Waals surface area contributed by atoms with Crippen molar-refractivity contribution in [2.75, 3.05) is 26.7 Å². The Morgan fingerprint density at radius 3 is 2.80 bits per heavy atom. The van der Waals surface area contributed by atoms with Gasteiger partial charge in [0.05, 0.1) is 18.2 Å². The van der Waals surface area contributed by atoms with Gasteiger partial charge in [-0.2, -0.15) is 0 Å². The van der Waals surface area contributed by atoms with Gasteiger partial charge in [-0.15, -0.1) is 0 Å². The van der Waals surface area contributed by atoms with Crippen LogP contribution in [-0.2, 0) is 22.7 Å². The highest BCUT2D eigenvalue weighted by Crippen LogP contribution is 2.43. The van der Waals surface area contributed by atoms with E-state index >= 15 is 0 Å². The van der Waals surface area contributed by atoms with E-state index in [0.717, 1.165) is 56.8 Å². The summed E-state index contributed by atoms with van der Waals surface area (Å²) < 4.78 is 5.58. The van der Waals surface area contributed by atoms with E-state index in [1.54, 1.807) is 18.7 Å². The predicted octanol–water partition coefficient (Wildman–Crippen LogP) is 1.98. The topological polar surface area (TPSA) is 98.9 Å². The number of hydrogen-bond acceptors (Lipinski definition) is 6. The molecule has 2 aliphatic heterocycles. The Morgan fingerprint density at radius 1 is 1.33 bits per heavy atom. The molecule has 0 spiro atoms. The molecule has 0 radical (unpaired) electrons. The van der Waals surface area contributed by atoms with Gasteiger partial charge in [-0.1, -0.05) is 0 Å². The van der Waals surface area contributed by atoms with Crippen molar-refractivity contribution in [1.29, 1.82) is 0 Å². The molecule has 0 aliphatic carbocycles. The molecule has 30 heavy (non-hydrogen) atoms. The minimum atomic E-state index is -0.315. The summed E-state index contributed by atoms with van der Waals surface area (Å²) in [7, 11) is 2.15. The number of rotatable bonds is 5. The average Bonchev–Trinajstić information content (AvgIpc) is 3.27. The zero-order valence-corrected chi connectivity index (χ0v) is 17.4. The molecule has 2 atom stereocenters. The van der Waals surface area contributed by atoms with Crippen LogP contribution in [-0.4, -0.2) is 65.0 Å². The minimum absolute atomic E-state index is 0.196. The van der Waals surface area contributed by atoms with Crippen molar-refractivity contribution < 1.29 is 19.1 Å². The van der Waals surface area contributed by atoms with E-state index in [1.165, 1.54) is 0 Å². The largest absolute Gasteiger partial charge is 0.483 e. The van der Waals surface area contributed by atoms with E-state index in [9.17, 15) is 4.79 Å². The summed E-state index contributed by atoms with van der Waals surface area (Å²) in [6.45, 7) is 3.98. The van der Waals surface area contributed by atoms with E-state index in [2.05, 4.69) is 27.1 Å². The Balaban J connectivity index is 0.000000806. The van der Waals surface area contributed by atoms with Crippen molar-refractivity contribution in [2.24, 2.45) is 5.41 Å². The SMILES string of the molecule is CN1CC[C@]2(C(=O)NCc3ccncc3)CCCN(Cc3ccco3)[C@H]2C1.O=CO. The van der Waals surface area contributed by atoms with Gasteiger partial charge in [0.25, 0.3) is 6.47 Å². The second kappa shape index (κ2) is 10.4. The Bertz CT molecular complexity index is 799. The van der Waals surface area contributed by atoms with Crippen molar-refractivity contribution in [3.8, 4) is 0 Å². The van der Waals surface area contributed by atoms with Gasteiger partial charge in [0, 0.05) is 31.5 Å². The van der Waals surface area contributed by atoms with Crippen LogP contribution >= 0.6 is 0 Å². The third-order valence-corrected chi connectivity index (χ3v) is 6.16. The third kappa shape index (κ3) is 5.06. The smallest absolute Gasteiger partial charge is 0.290 e. The summed E-state index contributed by atoms with van der Waals surface area (Å²) in [6, 6.07) is 8.07. The molecule has 0 unspecified atom stereocenters. The summed E-state index contributed by atoms with van der Waals surface area (Å²) >= 11 is 0. The molecule has 1 amide bonds. The summed E-state index contributed by atoms with van der Waals surface area (Å²) in [6.07, 6.45) is 8.17. The Morgan fingerprint density at radius 2 is 2.10 bits per heavy atom. The van der Waals surface area contributed by atoms with Gasteiger partial charge >= 0.3 is 0 Å². The van der Waals surface area contributed by atoms with Crippen LogP contribution in [0, 0.1) is 5.41 Å². The van der Waals surface area contributed by atoms with Crippen molar-refractivity contribution in [3.05, 3.63) is 54.2 Å². The zero-order valence-electron chi connectivity index (χ0n) is 17.4. The Hall–Kier alpha value is -2.71. The summed E-state index contributed by atoms with van der Waals surface area (Å²) in [4.78, 5) is 30.6. The molecule has 0 saturated carbocycles. The quantitative estimate of drug-likeness (QED) is 0.722.